The number of hydrogen-bond donors (Lipinski definition) is 2. The summed E-state index contributed by atoms with van der Waals surface area (Å²) >= 11 is 0. The molecule has 0 bridgehead atoms. The third-order valence-corrected chi connectivity index (χ3v) is 4.08. The van der Waals surface area contributed by atoms with E-state index in [4.69, 9.17) is 18.9 Å². The normalized spacial score (nSPS) is 12.5. The maximum absolute atomic E-state index is 11.6. The van der Waals surface area contributed by atoms with Crippen LogP contribution in [0, 0.1) is 0 Å². The molecule has 2 rings (SSSR count). The summed E-state index contributed by atoms with van der Waals surface area (Å²) in [6.07, 6.45) is -2.76. The first-order chi connectivity index (χ1) is 14.5. The minimum absolute atomic E-state index is 0.230. The highest BCUT2D eigenvalue weighted by molar-refractivity contribution is 5.71. The number of benzene rings is 2. The van der Waals surface area contributed by atoms with Crippen molar-refractivity contribution in [2.75, 3.05) is 26.4 Å². The van der Waals surface area contributed by atoms with E-state index in [1.165, 1.54) is 0 Å². The standard InChI is InChI=1S/C22H26O8/c1-3-27-19(23)13-29-17-11-7-5-9-15(17)21(25)22(26)16-10-6-8-12-18(16)30-14-20(24)28-4-2/h5-12,21-22,25-26H,3-4,13-14H2,1-2H3. The minimum Gasteiger partial charge on any atom is -0.482 e. The summed E-state index contributed by atoms with van der Waals surface area (Å²) in [7, 11) is 0. The molecule has 0 aromatic heterocycles. The summed E-state index contributed by atoms with van der Waals surface area (Å²) < 4.78 is 20.6. The van der Waals surface area contributed by atoms with Crippen molar-refractivity contribution in [1.29, 1.82) is 0 Å². The van der Waals surface area contributed by atoms with Crippen LogP contribution in [-0.2, 0) is 19.1 Å². The second-order valence-corrected chi connectivity index (χ2v) is 6.15. The van der Waals surface area contributed by atoms with Gasteiger partial charge in [-0.1, -0.05) is 36.4 Å². The Morgan fingerprint density at radius 1 is 0.733 bits per heavy atom. The average Bonchev–Trinajstić information content (AvgIpc) is 2.76. The van der Waals surface area contributed by atoms with Crippen molar-refractivity contribution in [1.82, 2.24) is 0 Å². The maximum Gasteiger partial charge on any atom is 0.344 e. The number of hydrogen-bond acceptors (Lipinski definition) is 8. The molecule has 0 saturated heterocycles. The van der Waals surface area contributed by atoms with Gasteiger partial charge < -0.3 is 29.2 Å². The lowest BCUT2D eigenvalue weighted by Gasteiger charge is -2.23. The molecule has 0 aliphatic heterocycles. The Bertz CT molecular complexity index is 766. The van der Waals surface area contributed by atoms with Gasteiger partial charge in [0.1, 0.15) is 23.7 Å². The van der Waals surface area contributed by atoms with E-state index in [1.54, 1.807) is 62.4 Å². The van der Waals surface area contributed by atoms with Crippen molar-refractivity contribution in [2.45, 2.75) is 26.1 Å². The second-order valence-electron chi connectivity index (χ2n) is 6.15. The van der Waals surface area contributed by atoms with E-state index in [0.29, 0.717) is 0 Å². The van der Waals surface area contributed by atoms with E-state index in [2.05, 4.69) is 0 Å². The molecule has 8 nitrogen and oxygen atoms in total. The summed E-state index contributed by atoms with van der Waals surface area (Å²) in [6.45, 7) is 3.18. The van der Waals surface area contributed by atoms with Gasteiger partial charge in [-0.05, 0) is 26.0 Å². The molecule has 162 valence electrons. The summed E-state index contributed by atoms with van der Waals surface area (Å²) in [6, 6.07) is 13.0. The molecule has 0 fully saturated rings. The predicted molar refractivity (Wildman–Crippen MR) is 107 cm³/mol. The van der Waals surface area contributed by atoms with Crippen LogP contribution in [0.2, 0.25) is 0 Å². The van der Waals surface area contributed by atoms with E-state index >= 15 is 0 Å². The summed E-state index contributed by atoms with van der Waals surface area (Å²) in [5.74, 6) is -0.607. The van der Waals surface area contributed by atoms with Crippen LogP contribution in [0.25, 0.3) is 0 Å². The number of rotatable bonds is 11. The number of carbonyl (C=O) groups is 2. The molecule has 0 spiro atoms. The molecule has 2 atom stereocenters. The molecular formula is C22H26O8. The van der Waals surface area contributed by atoms with Crippen molar-refractivity contribution < 1.29 is 38.7 Å². The summed E-state index contributed by atoms with van der Waals surface area (Å²) in [5.41, 5.74) is 0.573. The molecule has 2 unspecified atom stereocenters. The average molecular weight is 418 g/mol. The van der Waals surface area contributed by atoms with Gasteiger partial charge in [-0.15, -0.1) is 0 Å². The molecule has 2 aromatic carbocycles. The smallest absolute Gasteiger partial charge is 0.344 e. The molecule has 2 N–H and O–H groups in total. The Hall–Kier alpha value is -3.10. The second kappa shape index (κ2) is 11.8. The largest absolute Gasteiger partial charge is 0.482 e. The van der Waals surface area contributed by atoms with Gasteiger partial charge in [0, 0.05) is 11.1 Å². The summed E-state index contributed by atoms with van der Waals surface area (Å²) in [4.78, 5) is 23.1. The predicted octanol–water partition coefficient (Wildman–Crippen LogP) is 2.34. The number of ether oxygens (including phenoxy) is 4. The van der Waals surface area contributed by atoms with Gasteiger partial charge in [0.25, 0.3) is 0 Å². The lowest BCUT2D eigenvalue weighted by atomic mass is 9.97. The quantitative estimate of drug-likeness (QED) is 0.535. The van der Waals surface area contributed by atoms with Crippen molar-refractivity contribution >= 4 is 11.9 Å². The van der Waals surface area contributed by atoms with Gasteiger partial charge in [-0.25, -0.2) is 9.59 Å². The highest BCUT2D eigenvalue weighted by Crippen LogP contribution is 2.37. The van der Waals surface area contributed by atoms with Gasteiger partial charge in [0.2, 0.25) is 0 Å². The number of para-hydroxylation sites is 2. The zero-order chi connectivity index (χ0) is 21.9. The molecule has 0 aliphatic rings. The Kier molecular flexibility index (Phi) is 9.11. The molecule has 0 heterocycles. The van der Waals surface area contributed by atoms with Gasteiger partial charge in [0.05, 0.1) is 13.2 Å². The highest BCUT2D eigenvalue weighted by atomic mass is 16.6. The fourth-order valence-electron chi connectivity index (χ4n) is 2.73. The minimum atomic E-state index is -1.38. The van der Waals surface area contributed by atoms with Crippen LogP contribution in [0.1, 0.15) is 37.2 Å². The van der Waals surface area contributed by atoms with Crippen LogP contribution in [-0.4, -0.2) is 48.6 Å². The Morgan fingerprint density at radius 2 is 1.10 bits per heavy atom. The zero-order valence-corrected chi connectivity index (χ0v) is 16.9. The first kappa shape index (κ1) is 23.2. The van der Waals surface area contributed by atoms with Gasteiger partial charge in [-0.3, -0.25) is 0 Å². The Balaban J connectivity index is 2.17. The molecule has 0 amide bonds. The molecule has 0 saturated carbocycles. The molecule has 2 aromatic rings. The Labute approximate surface area is 175 Å². The molecule has 8 heteroatoms. The number of esters is 2. The first-order valence-electron chi connectivity index (χ1n) is 9.58. The lowest BCUT2D eigenvalue weighted by molar-refractivity contribution is -0.146. The van der Waals surface area contributed by atoms with Crippen LogP contribution in [0.3, 0.4) is 0 Å². The van der Waals surface area contributed by atoms with Crippen LogP contribution < -0.4 is 9.47 Å². The SMILES string of the molecule is CCOC(=O)COc1ccccc1C(O)C(O)c1ccccc1OCC(=O)OCC. The van der Waals surface area contributed by atoms with Crippen LogP contribution >= 0.6 is 0 Å². The van der Waals surface area contributed by atoms with Crippen molar-refractivity contribution in [3.63, 3.8) is 0 Å². The number of carbonyl (C=O) groups excluding carboxylic acids is 2. The topological polar surface area (TPSA) is 112 Å². The third kappa shape index (κ3) is 6.47. The van der Waals surface area contributed by atoms with Gasteiger partial charge >= 0.3 is 11.9 Å². The van der Waals surface area contributed by atoms with E-state index in [-0.39, 0.29) is 49.1 Å². The summed E-state index contributed by atoms with van der Waals surface area (Å²) in [5, 5.41) is 21.6. The van der Waals surface area contributed by atoms with Crippen molar-refractivity contribution in [3.05, 3.63) is 59.7 Å². The lowest BCUT2D eigenvalue weighted by Crippen LogP contribution is -2.18. The monoisotopic (exact) mass is 418 g/mol. The van der Waals surface area contributed by atoms with E-state index < -0.39 is 24.1 Å². The van der Waals surface area contributed by atoms with Crippen LogP contribution in [0.5, 0.6) is 11.5 Å². The fourth-order valence-corrected chi connectivity index (χ4v) is 2.73. The first-order valence-corrected chi connectivity index (χ1v) is 9.58. The van der Waals surface area contributed by atoms with E-state index in [9.17, 15) is 19.8 Å². The molecule has 0 aliphatic carbocycles. The molecule has 30 heavy (non-hydrogen) atoms. The van der Waals surface area contributed by atoms with Crippen LogP contribution in [0.4, 0.5) is 0 Å². The van der Waals surface area contributed by atoms with E-state index in [1.807, 2.05) is 0 Å². The third-order valence-electron chi connectivity index (χ3n) is 4.08. The van der Waals surface area contributed by atoms with Gasteiger partial charge in [0.15, 0.2) is 13.2 Å². The molecule has 0 radical (unpaired) electrons. The van der Waals surface area contributed by atoms with Gasteiger partial charge in [-0.2, -0.15) is 0 Å². The van der Waals surface area contributed by atoms with Crippen molar-refractivity contribution in [3.8, 4) is 11.5 Å². The maximum atomic E-state index is 11.6. The fraction of sp³-hybridized carbons (Fsp3) is 0.364. The highest BCUT2D eigenvalue weighted by Gasteiger charge is 2.26. The zero-order valence-electron chi connectivity index (χ0n) is 16.9. The van der Waals surface area contributed by atoms with Crippen LogP contribution in [0.15, 0.2) is 48.5 Å². The number of aliphatic hydroxyl groups excluding tert-OH is 2. The molecular weight excluding hydrogens is 392 g/mol. The van der Waals surface area contributed by atoms with Crippen molar-refractivity contribution in [2.24, 2.45) is 0 Å². The number of aliphatic hydroxyl groups is 2. The Morgan fingerprint density at radius 3 is 1.47 bits per heavy atom. The van der Waals surface area contributed by atoms with E-state index in [0.717, 1.165) is 0 Å².